The molecule has 3 heterocycles. The van der Waals surface area contributed by atoms with E-state index >= 15 is 0 Å². The van der Waals surface area contributed by atoms with Crippen LogP contribution < -0.4 is 0 Å². The van der Waals surface area contributed by atoms with Gasteiger partial charge in [-0.15, -0.1) is 0 Å². The van der Waals surface area contributed by atoms with Crippen molar-refractivity contribution in [2.75, 3.05) is 13.2 Å². The normalized spacial score (nSPS) is 31.4. The molecule has 3 aliphatic rings. The molecule has 0 saturated carbocycles. The molecule has 4 rings (SSSR count). The van der Waals surface area contributed by atoms with Crippen molar-refractivity contribution in [3.05, 3.63) is 35.9 Å². The van der Waals surface area contributed by atoms with Crippen LogP contribution in [0.5, 0.6) is 5.75 Å². The summed E-state index contributed by atoms with van der Waals surface area (Å²) >= 11 is 0. The van der Waals surface area contributed by atoms with Gasteiger partial charge < -0.3 is 24.8 Å². The van der Waals surface area contributed by atoms with Crippen LogP contribution in [0, 0.1) is 5.92 Å². The molecule has 1 unspecified atom stereocenters. The second-order valence-corrected chi connectivity index (χ2v) is 6.29. The lowest BCUT2D eigenvalue weighted by molar-refractivity contribution is -0.0647. The Hall–Kier alpha value is -2.42. The van der Waals surface area contributed by atoms with E-state index in [-0.39, 0.29) is 24.7 Å². The number of phenols is 1. The molecule has 4 atom stereocenters. The van der Waals surface area contributed by atoms with Gasteiger partial charge in [0.15, 0.2) is 0 Å². The van der Waals surface area contributed by atoms with Crippen LogP contribution in [0.25, 0.3) is 5.76 Å². The van der Waals surface area contributed by atoms with Crippen molar-refractivity contribution in [1.29, 1.82) is 0 Å². The average Bonchev–Trinajstić information content (AvgIpc) is 3.16. The Morgan fingerprint density at radius 3 is 2.92 bits per heavy atom. The largest absolute Gasteiger partial charge is 0.508 e. The topological polar surface area (TPSA) is 112 Å². The first-order chi connectivity index (χ1) is 12.0. The maximum absolute atomic E-state index is 12.3. The minimum atomic E-state index is -0.814. The maximum Gasteiger partial charge on any atom is 0.348 e. The standard InChI is InChI=1S/C17H18N2O6/c20-8-14-12(22)6-15(24-14)19-7-10-5-13(25-16(10)18-17(19)23)9-2-1-3-11(21)4-9/h1-5,10,12,14-15,20-22H,6-8H2/t10?,12-,14+,15+/m0/s1. The number of nitrogens with zero attached hydrogens (tertiary/aromatic N) is 2. The molecular formula is C17H18N2O6. The van der Waals surface area contributed by atoms with E-state index < -0.39 is 24.5 Å². The lowest BCUT2D eigenvalue weighted by atomic mass is 10.1. The van der Waals surface area contributed by atoms with Crippen molar-refractivity contribution in [3.63, 3.8) is 0 Å². The van der Waals surface area contributed by atoms with Gasteiger partial charge in [-0.25, -0.2) is 4.79 Å². The Kier molecular flexibility index (Phi) is 3.95. The van der Waals surface area contributed by atoms with E-state index in [0.29, 0.717) is 23.8 Å². The van der Waals surface area contributed by atoms with Crippen molar-refractivity contribution >= 4 is 17.7 Å². The van der Waals surface area contributed by atoms with Gasteiger partial charge in [0.25, 0.3) is 0 Å². The monoisotopic (exact) mass is 346 g/mol. The molecule has 1 saturated heterocycles. The highest BCUT2D eigenvalue weighted by molar-refractivity contribution is 6.00. The Balaban J connectivity index is 1.54. The quantitative estimate of drug-likeness (QED) is 0.742. The summed E-state index contributed by atoms with van der Waals surface area (Å²) in [5.41, 5.74) is 0.698. The molecule has 8 nitrogen and oxygen atoms in total. The van der Waals surface area contributed by atoms with Crippen molar-refractivity contribution < 1.29 is 29.6 Å². The smallest absolute Gasteiger partial charge is 0.348 e. The van der Waals surface area contributed by atoms with Gasteiger partial charge in [-0.2, -0.15) is 4.99 Å². The van der Waals surface area contributed by atoms with Crippen LogP contribution in [-0.4, -0.2) is 63.7 Å². The van der Waals surface area contributed by atoms with Crippen molar-refractivity contribution in [2.24, 2.45) is 10.9 Å². The van der Waals surface area contributed by atoms with Gasteiger partial charge in [0.1, 0.15) is 23.8 Å². The number of hydrogen-bond donors (Lipinski definition) is 3. The van der Waals surface area contributed by atoms with Crippen molar-refractivity contribution in [3.8, 4) is 5.75 Å². The number of aliphatic hydroxyl groups excluding tert-OH is 2. The zero-order chi connectivity index (χ0) is 17.6. The number of aliphatic imine (C=N–C) groups is 1. The molecule has 1 aromatic rings. The number of ether oxygens (including phenoxy) is 2. The lowest BCUT2D eigenvalue weighted by Crippen LogP contribution is -2.46. The van der Waals surface area contributed by atoms with E-state index in [4.69, 9.17) is 9.47 Å². The molecule has 0 aromatic heterocycles. The Morgan fingerprint density at radius 2 is 2.20 bits per heavy atom. The van der Waals surface area contributed by atoms with Crippen LogP contribution in [0.4, 0.5) is 4.79 Å². The fraction of sp³-hybridized carbons (Fsp3) is 0.412. The van der Waals surface area contributed by atoms with Crippen molar-refractivity contribution in [1.82, 2.24) is 4.90 Å². The van der Waals surface area contributed by atoms with Gasteiger partial charge in [-0.3, -0.25) is 4.90 Å². The fourth-order valence-corrected chi connectivity index (χ4v) is 3.29. The van der Waals surface area contributed by atoms with E-state index in [2.05, 4.69) is 4.99 Å². The number of fused-ring (bicyclic) bond motifs is 1. The number of amides is 2. The number of phenolic OH excluding ortho intramolecular Hbond substituents is 1. The molecule has 132 valence electrons. The molecular weight excluding hydrogens is 328 g/mol. The van der Waals surface area contributed by atoms with Crippen LogP contribution in [0.3, 0.4) is 0 Å². The highest BCUT2D eigenvalue weighted by Crippen LogP contribution is 2.34. The van der Waals surface area contributed by atoms with Crippen LogP contribution in [0.2, 0.25) is 0 Å². The number of urea groups is 1. The number of rotatable bonds is 3. The van der Waals surface area contributed by atoms with E-state index in [1.165, 1.54) is 4.90 Å². The molecule has 3 aliphatic heterocycles. The molecule has 0 spiro atoms. The second kappa shape index (κ2) is 6.14. The summed E-state index contributed by atoms with van der Waals surface area (Å²) in [6, 6.07) is 6.15. The number of carbonyl (C=O) groups excluding carboxylic acids is 1. The summed E-state index contributed by atoms with van der Waals surface area (Å²) in [6.07, 6.45) is -0.0449. The van der Waals surface area contributed by atoms with Gasteiger partial charge in [0, 0.05) is 18.5 Å². The third-order valence-electron chi connectivity index (χ3n) is 4.59. The van der Waals surface area contributed by atoms with E-state index in [1.54, 1.807) is 24.3 Å². The van der Waals surface area contributed by atoms with Gasteiger partial charge in [0.05, 0.1) is 18.6 Å². The summed E-state index contributed by atoms with van der Waals surface area (Å²) in [5.74, 6) is 0.760. The Morgan fingerprint density at radius 1 is 1.36 bits per heavy atom. The third kappa shape index (κ3) is 2.88. The molecule has 0 radical (unpaired) electrons. The number of aliphatic hydroxyl groups is 2. The third-order valence-corrected chi connectivity index (χ3v) is 4.59. The first-order valence-corrected chi connectivity index (χ1v) is 8.08. The summed E-state index contributed by atoms with van der Waals surface area (Å²) < 4.78 is 11.2. The zero-order valence-corrected chi connectivity index (χ0v) is 13.3. The molecule has 0 aliphatic carbocycles. The molecule has 1 aromatic carbocycles. The first kappa shape index (κ1) is 16.1. The van der Waals surface area contributed by atoms with E-state index in [0.717, 1.165) is 0 Å². The second-order valence-electron chi connectivity index (χ2n) is 6.29. The van der Waals surface area contributed by atoms with Crippen LogP contribution >= 0.6 is 0 Å². The minimum absolute atomic E-state index is 0.125. The van der Waals surface area contributed by atoms with Gasteiger partial charge in [-0.05, 0) is 18.2 Å². The Bertz CT molecular complexity index is 761. The molecule has 1 fully saturated rings. The predicted octanol–water partition coefficient (Wildman–Crippen LogP) is 0.682. The highest BCUT2D eigenvalue weighted by Gasteiger charge is 2.43. The molecule has 0 bridgehead atoms. The molecule has 3 N–H and O–H groups in total. The van der Waals surface area contributed by atoms with Crippen LogP contribution in [0.1, 0.15) is 12.0 Å². The minimum Gasteiger partial charge on any atom is -0.508 e. The zero-order valence-electron chi connectivity index (χ0n) is 13.3. The van der Waals surface area contributed by atoms with Gasteiger partial charge in [-0.1, -0.05) is 12.1 Å². The van der Waals surface area contributed by atoms with Crippen molar-refractivity contribution in [2.45, 2.75) is 24.9 Å². The Labute approximate surface area is 143 Å². The molecule has 8 heteroatoms. The molecule has 25 heavy (non-hydrogen) atoms. The number of carbonyl (C=O) groups is 1. The lowest BCUT2D eigenvalue weighted by Gasteiger charge is -2.31. The number of hydrogen-bond acceptors (Lipinski definition) is 6. The first-order valence-electron chi connectivity index (χ1n) is 8.08. The number of aromatic hydroxyl groups is 1. The van der Waals surface area contributed by atoms with Gasteiger partial charge >= 0.3 is 6.03 Å². The maximum atomic E-state index is 12.3. The highest BCUT2D eigenvalue weighted by atomic mass is 16.5. The fourth-order valence-electron chi connectivity index (χ4n) is 3.29. The summed E-state index contributed by atoms with van der Waals surface area (Å²) in [4.78, 5) is 17.7. The summed E-state index contributed by atoms with van der Waals surface area (Å²) in [5, 5.41) is 28.6. The molecule has 2 amide bonds. The van der Waals surface area contributed by atoms with Gasteiger partial charge in [0.2, 0.25) is 5.90 Å². The SMILES string of the molecule is O=C1N=C2OC(c3cccc(O)c3)=CC2CN1[C@H]1C[C@H](O)[C@@H](CO)O1. The van der Waals surface area contributed by atoms with E-state index in [1.807, 2.05) is 6.08 Å². The summed E-state index contributed by atoms with van der Waals surface area (Å²) in [6.45, 7) is 0.0117. The van der Waals surface area contributed by atoms with Crippen LogP contribution in [0.15, 0.2) is 35.3 Å². The summed E-state index contributed by atoms with van der Waals surface area (Å²) in [7, 11) is 0. The van der Waals surface area contributed by atoms with Crippen LogP contribution in [-0.2, 0) is 9.47 Å². The van der Waals surface area contributed by atoms with E-state index in [9.17, 15) is 20.1 Å². The average molecular weight is 346 g/mol. The number of benzene rings is 1. The predicted molar refractivity (Wildman–Crippen MR) is 86.6 cm³/mol.